The Balaban J connectivity index is 2.21. The number of benzene rings is 1. The van der Waals surface area contributed by atoms with Gasteiger partial charge in [-0.2, -0.15) is 4.98 Å². The van der Waals surface area contributed by atoms with Crippen LogP contribution in [-0.4, -0.2) is 9.97 Å². The van der Waals surface area contributed by atoms with Gasteiger partial charge in [-0.25, -0.2) is 4.79 Å². The second-order valence-electron chi connectivity index (χ2n) is 6.00. The maximum Gasteiger partial charge on any atom is 0.439 e. The summed E-state index contributed by atoms with van der Waals surface area (Å²) in [6.45, 7) is 6.01. The van der Waals surface area contributed by atoms with Crippen LogP contribution in [0.1, 0.15) is 26.5 Å². The van der Waals surface area contributed by atoms with E-state index < -0.39 is 5.76 Å². The van der Waals surface area contributed by atoms with Gasteiger partial charge in [0.25, 0.3) is 0 Å². The highest BCUT2D eigenvalue weighted by atomic mass is 16.5. The molecule has 3 aromatic rings. The van der Waals surface area contributed by atoms with Gasteiger partial charge in [-0.15, -0.1) is 0 Å². The second kappa shape index (κ2) is 5.26. The fourth-order valence-corrected chi connectivity index (χ4v) is 2.25. The molecule has 3 rings (SSSR count). The smallest absolute Gasteiger partial charge is 0.439 e. The molecule has 0 amide bonds. The largest absolute Gasteiger partial charge is 0.453 e. The molecule has 0 aliphatic heterocycles. The van der Waals surface area contributed by atoms with Gasteiger partial charge in [-0.3, -0.25) is 4.98 Å². The van der Waals surface area contributed by atoms with Crippen molar-refractivity contribution in [1.82, 2.24) is 9.97 Å². The molecular formula is C17H16N2O3. The van der Waals surface area contributed by atoms with Gasteiger partial charge in [0.2, 0.25) is 0 Å². The topological polar surface area (TPSA) is 65.2 Å². The van der Waals surface area contributed by atoms with Gasteiger partial charge < -0.3 is 9.15 Å². The Morgan fingerprint density at radius 1 is 1.09 bits per heavy atom. The SMILES string of the molecule is CC(C)(C)c1nc(=O)oc2c(Oc3ccncc3)cccc12. The molecule has 0 aliphatic carbocycles. The Labute approximate surface area is 127 Å². The molecule has 5 heteroatoms. The van der Waals surface area contributed by atoms with Crippen LogP contribution in [0.15, 0.2) is 51.9 Å². The minimum atomic E-state index is -0.622. The second-order valence-corrected chi connectivity index (χ2v) is 6.00. The number of nitrogens with zero attached hydrogens (tertiary/aromatic N) is 2. The summed E-state index contributed by atoms with van der Waals surface area (Å²) in [5.41, 5.74) is 0.826. The van der Waals surface area contributed by atoms with Gasteiger partial charge in [0.1, 0.15) is 5.75 Å². The van der Waals surface area contributed by atoms with Crippen molar-refractivity contribution in [3.05, 3.63) is 59.0 Å². The van der Waals surface area contributed by atoms with Crippen molar-refractivity contribution in [1.29, 1.82) is 0 Å². The van der Waals surface area contributed by atoms with Gasteiger partial charge in [-0.1, -0.05) is 26.8 Å². The van der Waals surface area contributed by atoms with Crippen molar-refractivity contribution >= 4 is 11.0 Å². The molecule has 0 fully saturated rings. The molecule has 0 aliphatic rings. The van der Waals surface area contributed by atoms with Gasteiger partial charge in [0.15, 0.2) is 11.3 Å². The third-order valence-corrected chi connectivity index (χ3v) is 3.21. The van der Waals surface area contributed by atoms with Crippen molar-refractivity contribution in [2.45, 2.75) is 26.2 Å². The fourth-order valence-electron chi connectivity index (χ4n) is 2.25. The zero-order chi connectivity index (χ0) is 15.7. The highest BCUT2D eigenvalue weighted by Gasteiger charge is 2.22. The van der Waals surface area contributed by atoms with E-state index in [4.69, 9.17) is 9.15 Å². The van der Waals surface area contributed by atoms with Crippen LogP contribution in [0.25, 0.3) is 11.0 Å². The lowest BCUT2D eigenvalue weighted by molar-refractivity contribution is 0.451. The van der Waals surface area contributed by atoms with Crippen LogP contribution in [-0.2, 0) is 5.41 Å². The summed E-state index contributed by atoms with van der Waals surface area (Å²) in [5, 5.41) is 0.777. The summed E-state index contributed by atoms with van der Waals surface area (Å²) in [4.78, 5) is 19.8. The van der Waals surface area contributed by atoms with Crippen molar-refractivity contribution in [3.63, 3.8) is 0 Å². The first-order valence-corrected chi connectivity index (χ1v) is 6.97. The molecule has 1 aromatic carbocycles. The molecule has 0 atom stereocenters. The summed E-state index contributed by atoms with van der Waals surface area (Å²) >= 11 is 0. The minimum absolute atomic E-state index is 0.274. The lowest BCUT2D eigenvalue weighted by atomic mass is 9.89. The molecule has 0 saturated heterocycles. The highest BCUT2D eigenvalue weighted by molar-refractivity contribution is 5.85. The molecule has 0 bridgehead atoms. The zero-order valence-corrected chi connectivity index (χ0v) is 12.7. The van der Waals surface area contributed by atoms with Crippen LogP contribution in [0, 0.1) is 0 Å². The van der Waals surface area contributed by atoms with Gasteiger partial charge in [-0.05, 0) is 24.3 Å². The average molecular weight is 296 g/mol. The first-order chi connectivity index (χ1) is 10.4. The molecule has 0 N–H and O–H groups in total. The van der Waals surface area contributed by atoms with Crippen molar-refractivity contribution in [2.24, 2.45) is 0 Å². The van der Waals surface area contributed by atoms with E-state index in [9.17, 15) is 4.79 Å². The first kappa shape index (κ1) is 14.3. The van der Waals surface area contributed by atoms with Crippen LogP contribution in [0.3, 0.4) is 0 Å². The number of pyridine rings is 1. The van der Waals surface area contributed by atoms with E-state index in [-0.39, 0.29) is 5.41 Å². The van der Waals surface area contributed by atoms with E-state index in [1.54, 1.807) is 30.6 Å². The van der Waals surface area contributed by atoms with Crippen molar-refractivity contribution in [2.75, 3.05) is 0 Å². The molecule has 2 aromatic heterocycles. The quantitative estimate of drug-likeness (QED) is 0.722. The highest BCUT2D eigenvalue weighted by Crippen LogP contribution is 2.33. The molecular weight excluding hydrogens is 280 g/mol. The Hall–Kier alpha value is -2.69. The van der Waals surface area contributed by atoms with Crippen LogP contribution >= 0.6 is 0 Å². The average Bonchev–Trinajstić information content (AvgIpc) is 2.47. The van der Waals surface area contributed by atoms with E-state index in [0.29, 0.717) is 22.8 Å². The zero-order valence-electron chi connectivity index (χ0n) is 12.7. The number of ether oxygens (including phenoxy) is 1. The number of hydrogen-bond donors (Lipinski definition) is 0. The van der Waals surface area contributed by atoms with Crippen molar-refractivity contribution in [3.8, 4) is 11.5 Å². The van der Waals surface area contributed by atoms with E-state index in [0.717, 1.165) is 5.39 Å². The molecule has 5 nitrogen and oxygen atoms in total. The lowest BCUT2D eigenvalue weighted by Gasteiger charge is -2.19. The lowest BCUT2D eigenvalue weighted by Crippen LogP contribution is -2.19. The van der Waals surface area contributed by atoms with Gasteiger partial charge in [0, 0.05) is 23.2 Å². The third-order valence-electron chi connectivity index (χ3n) is 3.21. The van der Waals surface area contributed by atoms with E-state index in [1.165, 1.54) is 0 Å². The van der Waals surface area contributed by atoms with E-state index in [1.807, 2.05) is 32.9 Å². The Bertz CT molecular complexity index is 864. The summed E-state index contributed by atoms with van der Waals surface area (Å²) in [6.07, 6.45) is 3.28. The monoisotopic (exact) mass is 296 g/mol. The molecule has 0 spiro atoms. The number of hydrogen-bond acceptors (Lipinski definition) is 5. The minimum Gasteiger partial charge on any atom is -0.453 e. The predicted molar refractivity (Wildman–Crippen MR) is 83.3 cm³/mol. The molecule has 112 valence electrons. The van der Waals surface area contributed by atoms with Crippen molar-refractivity contribution < 1.29 is 9.15 Å². The Kier molecular flexibility index (Phi) is 3.41. The van der Waals surface area contributed by atoms with Crippen LogP contribution in [0.2, 0.25) is 0 Å². The number of para-hydroxylation sites is 1. The molecule has 0 radical (unpaired) electrons. The fraction of sp³-hybridized carbons (Fsp3) is 0.235. The summed E-state index contributed by atoms with van der Waals surface area (Å²) < 4.78 is 11.1. The van der Waals surface area contributed by atoms with Crippen LogP contribution < -0.4 is 10.5 Å². The maximum atomic E-state index is 11.8. The Morgan fingerprint density at radius 3 is 2.50 bits per heavy atom. The number of fused-ring (bicyclic) bond motifs is 1. The molecule has 0 saturated carbocycles. The molecule has 2 heterocycles. The summed E-state index contributed by atoms with van der Waals surface area (Å²) in [6, 6.07) is 8.98. The van der Waals surface area contributed by atoms with E-state index >= 15 is 0 Å². The number of rotatable bonds is 2. The molecule has 0 unspecified atom stereocenters. The van der Waals surface area contributed by atoms with Gasteiger partial charge in [0.05, 0.1) is 5.69 Å². The Morgan fingerprint density at radius 2 is 1.82 bits per heavy atom. The van der Waals surface area contributed by atoms with E-state index in [2.05, 4.69) is 9.97 Å². The van der Waals surface area contributed by atoms with Crippen LogP contribution in [0.5, 0.6) is 11.5 Å². The summed E-state index contributed by atoms with van der Waals surface area (Å²) in [5.74, 6) is 0.483. The normalized spacial score (nSPS) is 11.6. The molecule has 22 heavy (non-hydrogen) atoms. The first-order valence-electron chi connectivity index (χ1n) is 6.97. The third kappa shape index (κ3) is 2.70. The van der Waals surface area contributed by atoms with Gasteiger partial charge >= 0.3 is 5.76 Å². The number of aromatic nitrogens is 2. The standard InChI is InChI=1S/C17H16N2O3/c1-17(2,3)15-12-5-4-6-13(14(12)22-16(20)19-15)21-11-7-9-18-10-8-11/h4-10H,1-3H3. The van der Waals surface area contributed by atoms with Crippen LogP contribution in [0.4, 0.5) is 0 Å². The maximum absolute atomic E-state index is 11.8. The summed E-state index contributed by atoms with van der Waals surface area (Å²) in [7, 11) is 0. The predicted octanol–water partition coefficient (Wildman–Crippen LogP) is 3.67.